The van der Waals surface area contributed by atoms with Crippen LogP contribution < -0.4 is 5.32 Å². The van der Waals surface area contributed by atoms with Gasteiger partial charge in [0.1, 0.15) is 0 Å². The molecule has 0 spiro atoms. The van der Waals surface area contributed by atoms with Crippen LogP contribution in [0.25, 0.3) is 0 Å². The van der Waals surface area contributed by atoms with Gasteiger partial charge in [0, 0.05) is 26.8 Å². The lowest BCUT2D eigenvalue weighted by Crippen LogP contribution is -2.01. The second kappa shape index (κ2) is 5.96. The first kappa shape index (κ1) is 13.7. The van der Waals surface area contributed by atoms with E-state index in [0.717, 1.165) is 15.7 Å². The van der Waals surface area contributed by atoms with Crippen LogP contribution in [0.3, 0.4) is 0 Å². The van der Waals surface area contributed by atoms with Crippen molar-refractivity contribution in [3.63, 3.8) is 0 Å². The molecule has 0 bridgehead atoms. The first-order chi connectivity index (χ1) is 8.56. The second-order valence-electron chi connectivity index (χ2n) is 4.05. The van der Waals surface area contributed by atoms with Crippen LogP contribution in [-0.4, -0.2) is 0 Å². The Hall–Kier alpha value is -0.700. The van der Waals surface area contributed by atoms with Gasteiger partial charge < -0.3 is 5.32 Å². The maximum absolute atomic E-state index is 6.13. The molecule has 0 amide bonds. The third-order valence-electron chi connectivity index (χ3n) is 2.68. The van der Waals surface area contributed by atoms with Crippen molar-refractivity contribution in [2.45, 2.75) is 13.5 Å². The molecule has 0 saturated carbocycles. The van der Waals surface area contributed by atoms with Gasteiger partial charge in [-0.1, -0.05) is 51.3 Å². The molecule has 0 saturated heterocycles. The Labute approximate surface area is 125 Å². The summed E-state index contributed by atoms with van der Waals surface area (Å²) in [6.07, 6.45) is 0. The van der Waals surface area contributed by atoms with Crippen molar-refractivity contribution < 1.29 is 0 Å². The highest BCUT2D eigenvalue weighted by Gasteiger charge is 2.03. The van der Waals surface area contributed by atoms with Gasteiger partial charge in [-0.15, -0.1) is 0 Å². The van der Waals surface area contributed by atoms with E-state index >= 15 is 0 Å². The van der Waals surface area contributed by atoms with Crippen LogP contribution in [0.15, 0.2) is 40.9 Å². The summed E-state index contributed by atoms with van der Waals surface area (Å²) in [7, 11) is 0. The maximum Gasteiger partial charge on any atom is 0.0470 e. The van der Waals surface area contributed by atoms with Gasteiger partial charge in [-0.05, 0) is 42.3 Å². The number of halogens is 3. The van der Waals surface area contributed by atoms with Gasteiger partial charge in [0.15, 0.2) is 0 Å². The van der Waals surface area contributed by atoms with Gasteiger partial charge in [-0.2, -0.15) is 0 Å². The molecule has 0 atom stereocenters. The fourth-order valence-corrected chi connectivity index (χ4v) is 2.48. The lowest BCUT2D eigenvalue weighted by Gasteiger charge is -2.11. The summed E-state index contributed by atoms with van der Waals surface area (Å²) in [6, 6.07) is 11.7. The number of hydrogen-bond acceptors (Lipinski definition) is 1. The molecule has 18 heavy (non-hydrogen) atoms. The monoisotopic (exact) mass is 343 g/mol. The summed E-state index contributed by atoms with van der Waals surface area (Å²) in [6.45, 7) is 2.74. The van der Waals surface area contributed by atoms with E-state index in [1.807, 2.05) is 18.2 Å². The van der Waals surface area contributed by atoms with Crippen molar-refractivity contribution >= 4 is 44.8 Å². The molecule has 0 radical (unpaired) electrons. The predicted molar refractivity (Wildman–Crippen MR) is 82.7 cm³/mol. The van der Waals surface area contributed by atoms with E-state index in [9.17, 15) is 0 Å². The second-order valence-corrected chi connectivity index (χ2v) is 5.81. The third-order valence-corrected chi connectivity index (χ3v) is 3.76. The van der Waals surface area contributed by atoms with Crippen LogP contribution in [0.4, 0.5) is 5.69 Å². The van der Waals surface area contributed by atoms with Gasteiger partial charge in [-0.25, -0.2) is 0 Å². The Balaban J connectivity index is 2.13. The number of hydrogen-bond donors (Lipinski definition) is 1. The van der Waals surface area contributed by atoms with Crippen molar-refractivity contribution in [3.05, 3.63) is 62.0 Å². The summed E-state index contributed by atoms with van der Waals surface area (Å²) in [4.78, 5) is 0. The van der Waals surface area contributed by atoms with E-state index < -0.39 is 0 Å². The molecule has 2 aromatic rings. The van der Waals surface area contributed by atoms with Crippen LogP contribution in [0.1, 0.15) is 11.1 Å². The number of aryl methyl sites for hydroxylation is 1. The largest absolute Gasteiger partial charge is 0.381 e. The van der Waals surface area contributed by atoms with Crippen LogP contribution in [0.5, 0.6) is 0 Å². The summed E-state index contributed by atoms with van der Waals surface area (Å²) >= 11 is 15.5. The standard InChI is InChI=1S/C14H12BrCl2N/c1-9-2-4-11(15)6-14(9)18-8-10-3-5-12(16)7-13(10)17/h2-7,18H,8H2,1H3. The van der Waals surface area contributed by atoms with E-state index in [2.05, 4.69) is 40.3 Å². The molecule has 0 unspecified atom stereocenters. The van der Waals surface area contributed by atoms with E-state index in [0.29, 0.717) is 16.6 Å². The summed E-state index contributed by atoms with van der Waals surface area (Å²) < 4.78 is 1.05. The molecule has 0 heterocycles. The van der Waals surface area contributed by atoms with Gasteiger partial charge in [0.25, 0.3) is 0 Å². The number of anilines is 1. The Bertz CT molecular complexity index is 570. The van der Waals surface area contributed by atoms with Crippen molar-refractivity contribution in [2.75, 3.05) is 5.32 Å². The average molecular weight is 345 g/mol. The van der Waals surface area contributed by atoms with Crippen LogP contribution in [0, 0.1) is 6.92 Å². The molecule has 0 aromatic heterocycles. The zero-order valence-corrected chi connectivity index (χ0v) is 12.9. The molecule has 4 heteroatoms. The highest BCUT2D eigenvalue weighted by atomic mass is 79.9. The highest BCUT2D eigenvalue weighted by Crippen LogP contribution is 2.24. The molecule has 2 rings (SSSR count). The lowest BCUT2D eigenvalue weighted by molar-refractivity contribution is 1.14. The Kier molecular flexibility index (Phi) is 4.55. The van der Waals surface area contributed by atoms with Crippen molar-refractivity contribution in [2.24, 2.45) is 0 Å². The Morgan fingerprint density at radius 1 is 1.11 bits per heavy atom. The molecule has 1 nitrogen and oxygen atoms in total. The summed E-state index contributed by atoms with van der Waals surface area (Å²) in [5, 5.41) is 4.71. The maximum atomic E-state index is 6.13. The topological polar surface area (TPSA) is 12.0 Å². The Morgan fingerprint density at radius 2 is 1.89 bits per heavy atom. The van der Waals surface area contributed by atoms with Crippen molar-refractivity contribution in [3.8, 4) is 0 Å². The molecule has 0 aliphatic carbocycles. The van der Waals surface area contributed by atoms with Crippen LogP contribution in [-0.2, 0) is 6.54 Å². The molecule has 0 aliphatic rings. The third kappa shape index (κ3) is 3.41. The molecular formula is C14H12BrCl2N. The molecule has 0 aliphatic heterocycles. The van der Waals surface area contributed by atoms with Gasteiger partial charge in [0.05, 0.1) is 0 Å². The average Bonchev–Trinajstić information content (AvgIpc) is 2.32. The first-order valence-electron chi connectivity index (χ1n) is 5.50. The smallest absolute Gasteiger partial charge is 0.0470 e. The number of rotatable bonds is 3. The van der Waals surface area contributed by atoms with Crippen molar-refractivity contribution in [1.29, 1.82) is 0 Å². The fraction of sp³-hybridized carbons (Fsp3) is 0.143. The van der Waals surface area contributed by atoms with Crippen LogP contribution in [0.2, 0.25) is 10.0 Å². The molecule has 0 fully saturated rings. The molecule has 2 aromatic carbocycles. The SMILES string of the molecule is Cc1ccc(Br)cc1NCc1ccc(Cl)cc1Cl. The summed E-state index contributed by atoms with van der Waals surface area (Å²) in [5.41, 5.74) is 3.32. The molecule has 94 valence electrons. The minimum absolute atomic E-state index is 0.655. The minimum atomic E-state index is 0.655. The summed E-state index contributed by atoms with van der Waals surface area (Å²) in [5.74, 6) is 0. The predicted octanol–water partition coefficient (Wildman–Crippen LogP) is 5.68. The van der Waals surface area contributed by atoms with Gasteiger partial charge >= 0.3 is 0 Å². The van der Waals surface area contributed by atoms with Gasteiger partial charge in [-0.3, -0.25) is 0 Å². The zero-order valence-electron chi connectivity index (χ0n) is 9.81. The van der Waals surface area contributed by atoms with Crippen LogP contribution >= 0.6 is 39.1 Å². The van der Waals surface area contributed by atoms with E-state index in [1.54, 1.807) is 6.07 Å². The highest BCUT2D eigenvalue weighted by molar-refractivity contribution is 9.10. The zero-order chi connectivity index (χ0) is 13.1. The molecular weight excluding hydrogens is 333 g/mol. The quantitative estimate of drug-likeness (QED) is 0.755. The van der Waals surface area contributed by atoms with E-state index in [4.69, 9.17) is 23.2 Å². The van der Waals surface area contributed by atoms with E-state index in [-0.39, 0.29) is 0 Å². The van der Waals surface area contributed by atoms with Gasteiger partial charge in [0.2, 0.25) is 0 Å². The normalized spacial score (nSPS) is 10.4. The first-order valence-corrected chi connectivity index (χ1v) is 7.05. The minimum Gasteiger partial charge on any atom is -0.381 e. The molecule has 1 N–H and O–H groups in total. The fourth-order valence-electron chi connectivity index (χ4n) is 1.64. The lowest BCUT2D eigenvalue weighted by atomic mass is 10.2. The number of benzene rings is 2. The number of nitrogens with one attached hydrogen (secondary N) is 1. The Morgan fingerprint density at radius 3 is 2.61 bits per heavy atom. The van der Waals surface area contributed by atoms with Crippen molar-refractivity contribution in [1.82, 2.24) is 0 Å². The van der Waals surface area contributed by atoms with E-state index in [1.165, 1.54) is 5.56 Å².